The van der Waals surface area contributed by atoms with Crippen molar-refractivity contribution in [3.05, 3.63) is 29.6 Å². The van der Waals surface area contributed by atoms with E-state index in [2.05, 4.69) is 24.1 Å². The third-order valence-corrected chi connectivity index (χ3v) is 3.78. The molecule has 0 saturated carbocycles. The monoisotopic (exact) mass is 250 g/mol. The van der Waals surface area contributed by atoms with Crippen LogP contribution in [-0.2, 0) is 0 Å². The molecule has 1 fully saturated rings. The fraction of sp³-hybridized carbons (Fsp3) is 0.600. The quantitative estimate of drug-likeness (QED) is 0.886. The number of benzene rings is 1. The maximum absolute atomic E-state index is 13.9. The van der Waals surface area contributed by atoms with E-state index in [1.165, 1.54) is 0 Å². The molecular formula is C15H23FN2. The van der Waals surface area contributed by atoms with Crippen LogP contribution in [0.4, 0.5) is 10.1 Å². The molecule has 2 nitrogen and oxygen atoms in total. The number of nitrogens with one attached hydrogen (secondary N) is 1. The first-order chi connectivity index (χ1) is 8.61. The van der Waals surface area contributed by atoms with Gasteiger partial charge in [-0.3, -0.25) is 0 Å². The fourth-order valence-electron chi connectivity index (χ4n) is 2.85. The summed E-state index contributed by atoms with van der Waals surface area (Å²) in [6, 6.07) is 6.33. The van der Waals surface area contributed by atoms with E-state index in [0.29, 0.717) is 12.1 Å². The highest BCUT2D eigenvalue weighted by Gasteiger charge is 2.26. The van der Waals surface area contributed by atoms with E-state index >= 15 is 0 Å². The Morgan fingerprint density at radius 3 is 2.89 bits per heavy atom. The molecule has 2 atom stereocenters. The van der Waals surface area contributed by atoms with Crippen LogP contribution >= 0.6 is 0 Å². The molecule has 1 heterocycles. The molecule has 1 aromatic carbocycles. The molecule has 1 N–H and O–H groups in total. The van der Waals surface area contributed by atoms with Gasteiger partial charge in [-0.15, -0.1) is 0 Å². The van der Waals surface area contributed by atoms with Gasteiger partial charge in [0.25, 0.3) is 0 Å². The van der Waals surface area contributed by atoms with Crippen molar-refractivity contribution in [2.45, 2.75) is 45.7 Å². The maximum Gasteiger partial charge on any atom is 0.146 e. The fourth-order valence-corrected chi connectivity index (χ4v) is 2.85. The number of aryl methyl sites for hydroxylation is 1. The van der Waals surface area contributed by atoms with E-state index in [9.17, 15) is 4.39 Å². The predicted octanol–water partition coefficient (Wildman–Crippen LogP) is 3.10. The van der Waals surface area contributed by atoms with Crippen molar-refractivity contribution in [2.75, 3.05) is 18.0 Å². The maximum atomic E-state index is 13.9. The number of hydrogen-bond donors (Lipinski definition) is 1. The molecule has 100 valence electrons. The summed E-state index contributed by atoms with van der Waals surface area (Å²) in [4.78, 5) is 2.20. The summed E-state index contributed by atoms with van der Waals surface area (Å²) < 4.78 is 13.9. The molecule has 1 aliphatic rings. The number of nitrogens with zero attached hydrogens (tertiary/aromatic N) is 1. The van der Waals surface area contributed by atoms with Crippen LogP contribution in [0.3, 0.4) is 0 Å². The lowest BCUT2D eigenvalue weighted by atomic mass is 9.97. The molecule has 0 bridgehead atoms. The second-order valence-corrected chi connectivity index (χ2v) is 5.28. The van der Waals surface area contributed by atoms with E-state index in [-0.39, 0.29) is 5.82 Å². The first kappa shape index (κ1) is 13.3. The Bertz CT molecular complexity index is 405. The molecule has 0 radical (unpaired) electrons. The van der Waals surface area contributed by atoms with Crippen molar-refractivity contribution >= 4 is 5.69 Å². The highest BCUT2D eigenvalue weighted by atomic mass is 19.1. The minimum absolute atomic E-state index is 0.102. The average Bonchev–Trinajstić information content (AvgIpc) is 2.33. The summed E-state index contributed by atoms with van der Waals surface area (Å²) >= 11 is 0. The zero-order valence-electron chi connectivity index (χ0n) is 11.5. The molecule has 18 heavy (non-hydrogen) atoms. The van der Waals surface area contributed by atoms with Crippen molar-refractivity contribution in [2.24, 2.45) is 0 Å². The van der Waals surface area contributed by atoms with Crippen LogP contribution in [0.2, 0.25) is 0 Å². The van der Waals surface area contributed by atoms with Crippen molar-refractivity contribution in [3.8, 4) is 0 Å². The minimum atomic E-state index is -0.102. The Labute approximate surface area is 109 Å². The van der Waals surface area contributed by atoms with Crippen LogP contribution in [0.15, 0.2) is 18.2 Å². The second-order valence-electron chi connectivity index (χ2n) is 5.28. The van der Waals surface area contributed by atoms with Crippen LogP contribution < -0.4 is 10.2 Å². The topological polar surface area (TPSA) is 15.3 Å². The molecular weight excluding hydrogens is 227 g/mol. The van der Waals surface area contributed by atoms with Crippen LogP contribution in [0.25, 0.3) is 0 Å². The van der Waals surface area contributed by atoms with E-state index < -0.39 is 0 Å². The van der Waals surface area contributed by atoms with Crippen molar-refractivity contribution in [1.29, 1.82) is 0 Å². The van der Waals surface area contributed by atoms with Gasteiger partial charge in [-0.05, 0) is 50.9 Å². The van der Waals surface area contributed by atoms with Gasteiger partial charge < -0.3 is 10.2 Å². The number of anilines is 1. The Morgan fingerprint density at radius 1 is 1.44 bits per heavy atom. The molecule has 1 aromatic rings. The van der Waals surface area contributed by atoms with Crippen LogP contribution in [-0.4, -0.2) is 25.2 Å². The average molecular weight is 250 g/mol. The van der Waals surface area contributed by atoms with Gasteiger partial charge in [0.2, 0.25) is 0 Å². The minimum Gasteiger partial charge on any atom is -0.366 e. The lowest BCUT2D eigenvalue weighted by molar-refractivity contribution is 0.371. The summed E-state index contributed by atoms with van der Waals surface area (Å²) in [5.41, 5.74) is 1.88. The van der Waals surface area contributed by atoms with Gasteiger partial charge in [0.05, 0.1) is 5.69 Å². The normalized spacial score (nSPS) is 24.3. The SMILES string of the molecule is CCNC1CCN(c2cc(C)ccc2F)C(C)C1. The number of hydrogen-bond acceptors (Lipinski definition) is 2. The van der Waals surface area contributed by atoms with Gasteiger partial charge in [0.1, 0.15) is 5.82 Å². The summed E-state index contributed by atoms with van der Waals surface area (Å²) in [6.45, 7) is 8.27. The number of piperidine rings is 1. The third-order valence-electron chi connectivity index (χ3n) is 3.78. The molecule has 1 saturated heterocycles. The molecule has 0 aromatic heterocycles. The standard InChI is InChI=1S/C15H23FN2/c1-4-17-13-7-8-18(12(3)10-13)15-9-11(2)5-6-14(15)16/h5-6,9,12-13,17H,4,7-8,10H2,1-3H3. The molecule has 3 heteroatoms. The number of halogens is 1. The lowest BCUT2D eigenvalue weighted by Crippen LogP contribution is -2.47. The zero-order chi connectivity index (χ0) is 13.1. The van der Waals surface area contributed by atoms with Crippen LogP contribution in [0.1, 0.15) is 32.3 Å². The van der Waals surface area contributed by atoms with Gasteiger partial charge in [-0.25, -0.2) is 4.39 Å². The zero-order valence-corrected chi connectivity index (χ0v) is 11.5. The van der Waals surface area contributed by atoms with Gasteiger partial charge in [-0.1, -0.05) is 13.0 Å². The summed E-state index contributed by atoms with van der Waals surface area (Å²) in [7, 11) is 0. The van der Waals surface area contributed by atoms with Crippen molar-refractivity contribution in [1.82, 2.24) is 5.32 Å². The Hall–Kier alpha value is -1.09. The predicted molar refractivity (Wildman–Crippen MR) is 74.6 cm³/mol. The largest absolute Gasteiger partial charge is 0.366 e. The van der Waals surface area contributed by atoms with Crippen molar-refractivity contribution in [3.63, 3.8) is 0 Å². The van der Waals surface area contributed by atoms with Gasteiger partial charge in [-0.2, -0.15) is 0 Å². The Morgan fingerprint density at radius 2 is 2.22 bits per heavy atom. The van der Waals surface area contributed by atoms with E-state index in [1.807, 2.05) is 19.1 Å². The third kappa shape index (κ3) is 2.83. The van der Waals surface area contributed by atoms with E-state index in [4.69, 9.17) is 0 Å². The molecule has 0 aliphatic carbocycles. The first-order valence-electron chi connectivity index (χ1n) is 6.88. The lowest BCUT2D eigenvalue weighted by Gasteiger charge is -2.39. The van der Waals surface area contributed by atoms with Gasteiger partial charge in [0, 0.05) is 18.6 Å². The Kier molecular flexibility index (Phi) is 4.23. The highest BCUT2D eigenvalue weighted by Crippen LogP contribution is 2.28. The van der Waals surface area contributed by atoms with Gasteiger partial charge >= 0.3 is 0 Å². The molecule has 0 spiro atoms. The van der Waals surface area contributed by atoms with E-state index in [1.54, 1.807) is 6.07 Å². The van der Waals surface area contributed by atoms with Crippen molar-refractivity contribution < 1.29 is 4.39 Å². The first-order valence-corrected chi connectivity index (χ1v) is 6.88. The smallest absolute Gasteiger partial charge is 0.146 e. The molecule has 2 rings (SSSR count). The summed E-state index contributed by atoms with van der Waals surface area (Å²) in [5, 5.41) is 3.49. The summed E-state index contributed by atoms with van der Waals surface area (Å²) in [6.07, 6.45) is 2.17. The van der Waals surface area contributed by atoms with Gasteiger partial charge in [0.15, 0.2) is 0 Å². The molecule has 1 aliphatic heterocycles. The second kappa shape index (κ2) is 5.70. The summed E-state index contributed by atoms with van der Waals surface area (Å²) in [5.74, 6) is -0.102. The van der Waals surface area contributed by atoms with Crippen LogP contribution in [0.5, 0.6) is 0 Å². The number of rotatable bonds is 3. The van der Waals surface area contributed by atoms with E-state index in [0.717, 1.165) is 37.2 Å². The molecule has 0 amide bonds. The molecule has 2 unspecified atom stereocenters. The van der Waals surface area contributed by atoms with Crippen LogP contribution in [0, 0.1) is 12.7 Å². The highest BCUT2D eigenvalue weighted by molar-refractivity contribution is 5.51. The Balaban J connectivity index is 2.12.